The number of para-hydroxylation sites is 1. The molecule has 0 spiro atoms. The van der Waals surface area contributed by atoms with Gasteiger partial charge in [0.05, 0.1) is 22.0 Å². The molecular weight excluding hydrogens is 378 g/mol. The van der Waals surface area contributed by atoms with Crippen LogP contribution in [-0.4, -0.2) is 43.4 Å². The lowest BCUT2D eigenvalue weighted by Crippen LogP contribution is -2.31. The largest absolute Gasteiger partial charge is 0.336 e. The number of amides is 1. The molecular formula is C19H23N5OS2. The highest BCUT2D eigenvalue weighted by atomic mass is 32.2. The fourth-order valence-electron chi connectivity index (χ4n) is 3.24. The second-order valence-corrected chi connectivity index (χ2v) is 8.85. The van der Waals surface area contributed by atoms with Crippen molar-refractivity contribution in [3.63, 3.8) is 0 Å². The quantitative estimate of drug-likeness (QED) is 0.606. The minimum atomic E-state index is -0.0500. The zero-order valence-electron chi connectivity index (χ0n) is 15.6. The van der Waals surface area contributed by atoms with Crippen molar-refractivity contribution in [1.29, 1.82) is 0 Å². The first-order chi connectivity index (χ1) is 13.1. The third-order valence-electron chi connectivity index (χ3n) is 5.04. The van der Waals surface area contributed by atoms with Gasteiger partial charge in [-0.05, 0) is 31.9 Å². The zero-order valence-corrected chi connectivity index (χ0v) is 17.2. The molecule has 27 heavy (non-hydrogen) atoms. The Morgan fingerprint density at radius 3 is 3.00 bits per heavy atom. The van der Waals surface area contributed by atoms with Crippen LogP contribution in [0.15, 0.2) is 29.4 Å². The van der Waals surface area contributed by atoms with Gasteiger partial charge in [0.15, 0.2) is 5.16 Å². The van der Waals surface area contributed by atoms with E-state index in [0.29, 0.717) is 5.75 Å². The third-order valence-corrected chi connectivity index (χ3v) is 7.20. The predicted molar refractivity (Wildman–Crippen MR) is 109 cm³/mol. The van der Waals surface area contributed by atoms with Crippen LogP contribution in [-0.2, 0) is 17.8 Å². The molecule has 4 rings (SSSR count). The Labute approximate surface area is 167 Å². The number of thiazole rings is 1. The van der Waals surface area contributed by atoms with Gasteiger partial charge in [-0.2, -0.15) is 0 Å². The van der Waals surface area contributed by atoms with Crippen molar-refractivity contribution in [2.24, 2.45) is 0 Å². The molecule has 1 aliphatic rings. The maximum absolute atomic E-state index is 12.7. The van der Waals surface area contributed by atoms with Crippen molar-refractivity contribution in [3.8, 4) is 0 Å². The highest BCUT2D eigenvalue weighted by Crippen LogP contribution is 2.29. The molecule has 0 saturated carbocycles. The number of fused-ring (bicyclic) bond motifs is 2. The van der Waals surface area contributed by atoms with Crippen LogP contribution in [0.4, 0.5) is 0 Å². The number of carbonyl (C=O) groups excluding carboxylic acids is 1. The molecule has 0 bridgehead atoms. The SMILES string of the molecule is C[C@H](c1nc2ccccc2s1)N(C)C(=O)CSc1nnc2n1CCCCC2. The molecule has 3 aromatic rings. The fourth-order valence-corrected chi connectivity index (χ4v) is 5.21. The molecule has 0 N–H and O–H groups in total. The Morgan fingerprint density at radius 2 is 2.15 bits per heavy atom. The van der Waals surface area contributed by atoms with Crippen LogP contribution >= 0.6 is 23.1 Å². The monoisotopic (exact) mass is 401 g/mol. The number of carbonyl (C=O) groups is 1. The lowest BCUT2D eigenvalue weighted by molar-refractivity contribution is -0.128. The molecule has 0 saturated heterocycles. The summed E-state index contributed by atoms with van der Waals surface area (Å²) < 4.78 is 3.34. The maximum atomic E-state index is 12.7. The molecule has 1 aliphatic heterocycles. The van der Waals surface area contributed by atoms with E-state index in [1.165, 1.54) is 24.6 Å². The van der Waals surface area contributed by atoms with E-state index in [1.54, 1.807) is 16.2 Å². The normalized spacial score (nSPS) is 15.3. The molecule has 6 nitrogen and oxygen atoms in total. The van der Waals surface area contributed by atoms with Gasteiger partial charge in [0.1, 0.15) is 10.8 Å². The van der Waals surface area contributed by atoms with Crippen LogP contribution in [0.25, 0.3) is 10.2 Å². The minimum absolute atomic E-state index is 0.0500. The minimum Gasteiger partial charge on any atom is -0.336 e. The number of aromatic nitrogens is 4. The first-order valence-electron chi connectivity index (χ1n) is 9.29. The Kier molecular flexibility index (Phi) is 5.45. The number of aryl methyl sites for hydroxylation is 1. The van der Waals surface area contributed by atoms with Crippen molar-refractivity contribution in [2.75, 3.05) is 12.8 Å². The van der Waals surface area contributed by atoms with E-state index in [9.17, 15) is 4.79 Å². The van der Waals surface area contributed by atoms with Crippen LogP contribution in [0.2, 0.25) is 0 Å². The summed E-state index contributed by atoms with van der Waals surface area (Å²) in [5, 5.41) is 10.4. The van der Waals surface area contributed by atoms with Crippen molar-refractivity contribution in [2.45, 2.75) is 50.4 Å². The van der Waals surface area contributed by atoms with Gasteiger partial charge in [0.25, 0.3) is 0 Å². The van der Waals surface area contributed by atoms with Crippen molar-refractivity contribution >= 4 is 39.2 Å². The molecule has 0 aliphatic carbocycles. The zero-order chi connectivity index (χ0) is 18.8. The Balaban J connectivity index is 1.41. The fraction of sp³-hybridized carbons (Fsp3) is 0.474. The van der Waals surface area contributed by atoms with Crippen LogP contribution < -0.4 is 0 Å². The van der Waals surface area contributed by atoms with E-state index in [4.69, 9.17) is 0 Å². The van der Waals surface area contributed by atoms with Gasteiger partial charge < -0.3 is 9.47 Å². The van der Waals surface area contributed by atoms with Crippen LogP contribution in [0, 0.1) is 0 Å². The van der Waals surface area contributed by atoms with E-state index >= 15 is 0 Å². The van der Waals surface area contributed by atoms with E-state index in [2.05, 4.69) is 25.8 Å². The predicted octanol–water partition coefficient (Wildman–Crippen LogP) is 3.93. The first kappa shape index (κ1) is 18.4. The van der Waals surface area contributed by atoms with Gasteiger partial charge >= 0.3 is 0 Å². The highest BCUT2D eigenvalue weighted by Gasteiger charge is 2.22. The third kappa shape index (κ3) is 3.87. The van der Waals surface area contributed by atoms with E-state index in [-0.39, 0.29) is 11.9 Å². The van der Waals surface area contributed by atoms with Crippen LogP contribution in [0.5, 0.6) is 0 Å². The Hall–Kier alpha value is -1.93. The molecule has 2 aromatic heterocycles. The smallest absolute Gasteiger partial charge is 0.233 e. The van der Waals surface area contributed by atoms with Gasteiger partial charge in [0, 0.05) is 20.0 Å². The summed E-state index contributed by atoms with van der Waals surface area (Å²) in [6.45, 7) is 2.99. The number of rotatable bonds is 5. The second-order valence-electron chi connectivity index (χ2n) is 6.85. The lowest BCUT2D eigenvalue weighted by Gasteiger charge is -2.23. The summed E-state index contributed by atoms with van der Waals surface area (Å²) in [4.78, 5) is 19.2. The number of hydrogen-bond acceptors (Lipinski definition) is 6. The number of nitrogens with zero attached hydrogens (tertiary/aromatic N) is 5. The maximum Gasteiger partial charge on any atom is 0.233 e. The molecule has 3 heterocycles. The molecule has 0 unspecified atom stereocenters. The summed E-state index contributed by atoms with van der Waals surface area (Å²) in [5.74, 6) is 1.50. The molecule has 1 atom stereocenters. The number of benzene rings is 1. The molecule has 8 heteroatoms. The molecule has 142 valence electrons. The molecule has 1 amide bonds. The first-order valence-corrected chi connectivity index (χ1v) is 11.1. The van der Waals surface area contributed by atoms with Crippen molar-refractivity contribution in [1.82, 2.24) is 24.6 Å². The van der Waals surface area contributed by atoms with Crippen molar-refractivity contribution < 1.29 is 4.79 Å². The number of thioether (sulfide) groups is 1. The summed E-state index contributed by atoms with van der Waals surface area (Å²) in [7, 11) is 1.85. The van der Waals surface area contributed by atoms with Crippen LogP contribution in [0.1, 0.15) is 43.1 Å². The van der Waals surface area contributed by atoms with E-state index < -0.39 is 0 Å². The van der Waals surface area contributed by atoms with Gasteiger partial charge in [-0.3, -0.25) is 4.79 Å². The van der Waals surface area contributed by atoms with Gasteiger partial charge in [-0.1, -0.05) is 30.3 Å². The van der Waals surface area contributed by atoms with E-state index in [0.717, 1.165) is 45.6 Å². The average molecular weight is 402 g/mol. The highest BCUT2D eigenvalue weighted by molar-refractivity contribution is 7.99. The number of hydrogen-bond donors (Lipinski definition) is 0. The Morgan fingerprint density at radius 1 is 1.30 bits per heavy atom. The summed E-state index contributed by atoms with van der Waals surface area (Å²) >= 11 is 3.14. The van der Waals surface area contributed by atoms with Gasteiger partial charge in [-0.25, -0.2) is 4.98 Å². The molecule has 0 fully saturated rings. The molecule has 0 radical (unpaired) electrons. The van der Waals surface area contributed by atoms with E-state index in [1.807, 2.05) is 32.2 Å². The Bertz CT molecular complexity index is 918. The van der Waals surface area contributed by atoms with Gasteiger partial charge in [0.2, 0.25) is 5.91 Å². The van der Waals surface area contributed by atoms with Crippen LogP contribution in [0.3, 0.4) is 0 Å². The average Bonchev–Trinajstić information content (AvgIpc) is 3.21. The molecule has 1 aromatic carbocycles. The second kappa shape index (κ2) is 7.98. The summed E-state index contributed by atoms with van der Waals surface area (Å²) in [6, 6.07) is 8.03. The topological polar surface area (TPSA) is 63.9 Å². The lowest BCUT2D eigenvalue weighted by atomic mass is 10.2. The van der Waals surface area contributed by atoms with Gasteiger partial charge in [-0.15, -0.1) is 21.5 Å². The summed E-state index contributed by atoms with van der Waals surface area (Å²) in [6.07, 6.45) is 4.54. The summed E-state index contributed by atoms with van der Waals surface area (Å²) in [5.41, 5.74) is 0.991. The van der Waals surface area contributed by atoms with Crippen molar-refractivity contribution in [3.05, 3.63) is 35.1 Å². The standard InChI is InChI=1S/C19H23N5OS2/c1-13(18-20-14-8-5-6-9-15(14)27-18)23(2)17(25)12-26-19-22-21-16-10-4-3-7-11-24(16)19/h5-6,8-9,13H,3-4,7,10-12H2,1-2H3/t13-/m1/s1.